The highest BCUT2D eigenvalue weighted by atomic mass is 16.1. The van der Waals surface area contributed by atoms with E-state index in [-0.39, 0.29) is 17.9 Å². The first kappa shape index (κ1) is 12.4. The first-order chi connectivity index (χ1) is 8.69. The topological polar surface area (TPSA) is 64.9 Å². The molecule has 1 fully saturated rings. The zero-order valence-electron chi connectivity index (χ0n) is 10.4. The van der Waals surface area contributed by atoms with Crippen molar-refractivity contribution >= 4 is 17.3 Å². The number of hydrogen-bond acceptors (Lipinski definition) is 3. The monoisotopic (exact) mass is 243 g/mol. The van der Waals surface area contributed by atoms with Crippen molar-refractivity contribution in [1.29, 1.82) is 5.26 Å². The van der Waals surface area contributed by atoms with Crippen molar-refractivity contribution in [3.05, 3.63) is 24.3 Å². The number of nitrogens with one attached hydrogen (secondary N) is 2. The number of nitrogens with zero attached hydrogens (tertiary/aromatic N) is 1. The largest absolute Gasteiger partial charge is 0.381 e. The van der Waals surface area contributed by atoms with Gasteiger partial charge in [0.2, 0.25) is 5.91 Å². The maximum absolute atomic E-state index is 10.9. The summed E-state index contributed by atoms with van der Waals surface area (Å²) in [6.07, 6.45) is 3.14. The summed E-state index contributed by atoms with van der Waals surface area (Å²) in [5.41, 5.74) is 1.78. The third kappa shape index (κ3) is 3.01. The van der Waals surface area contributed by atoms with Gasteiger partial charge in [-0.25, -0.2) is 0 Å². The van der Waals surface area contributed by atoms with E-state index >= 15 is 0 Å². The van der Waals surface area contributed by atoms with Crippen molar-refractivity contribution in [1.82, 2.24) is 0 Å². The molecule has 1 aliphatic carbocycles. The predicted molar refractivity (Wildman–Crippen MR) is 71.1 cm³/mol. The highest BCUT2D eigenvalue weighted by Crippen LogP contribution is 2.28. The summed E-state index contributed by atoms with van der Waals surface area (Å²) in [5, 5.41) is 15.1. The van der Waals surface area contributed by atoms with E-state index in [1.54, 1.807) is 0 Å². The second kappa shape index (κ2) is 5.54. The number of rotatable bonds is 3. The van der Waals surface area contributed by atoms with Gasteiger partial charge in [0.15, 0.2) is 0 Å². The molecule has 1 aliphatic rings. The van der Waals surface area contributed by atoms with Crippen LogP contribution in [0.3, 0.4) is 0 Å². The van der Waals surface area contributed by atoms with E-state index in [9.17, 15) is 4.79 Å². The fourth-order valence-electron chi connectivity index (χ4n) is 2.35. The maximum Gasteiger partial charge on any atom is 0.221 e. The van der Waals surface area contributed by atoms with Gasteiger partial charge in [0.25, 0.3) is 0 Å². The van der Waals surface area contributed by atoms with Crippen LogP contribution in [-0.2, 0) is 4.79 Å². The van der Waals surface area contributed by atoms with Crippen LogP contribution in [0.15, 0.2) is 24.3 Å². The lowest BCUT2D eigenvalue weighted by atomic mass is 10.1. The van der Waals surface area contributed by atoms with Gasteiger partial charge in [0, 0.05) is 24.3 Å². The zero-order valence-corrected chi connectivity index (χ0v) is 10.4. The minimum absolute atomic E-state index is 0.0731. The first-order valence-electron chi connectivity index (χ1n) is 6.23. The summed E-state index contributed by atoms with van der Waals surface area (Å²) in [6.45, 7) is 1.49. The Kier molecular flexibility index (Phi) is 3.83. The van der Waals surface area contributed by atoms with E-state index < -0.39 is 0 Å². The molecule has 0 saturated heterocycles. The van der Waals surface area contributed by atoms with Gasteiger partial charge in [-0.15, -0.1) is 0 Å². The third-order valence-corrected chi connectivity index (χ3v) is 3.24. The molecule has 1 aromatic carbocycles. The highest BCUT2D eigenvalue weighted by molar-refractivity contribution is 5.88. The Morgan fingerprint density at radius 1 is 1.28 bits per heavy atom. The SMILES string of the molecule is CC(=O)Nc1ccc(NC2CCCC2C#N)cc1. The average Bonchev–Trinajstić information content (AvgIpc) is 2.78. The molecule has 1 amide bonds. The summed E-state index contributed by atoms with van der Waals surface area (Å²) < 4.78 is 0. The molecular weight excluding hydrogens is 226 g/mol. The van der Waals surface area contributed by atoms with Crippen LogP contribution in [0.5, 0.6) is 0 Å². The minimum atomic E-state index is -0.0731. The summed E-state index contributed by atoms with van der Waals surface area (Å²) in [6, 6.07) is 10.2. The number of amides is 1. The highest BCUT2D eigenvalue weighted by Gasteiger charge is 2.26. The molecule has 18 heavy (non-hydrogen) atoms. The number of anilines is 2. The number of nitriles is 1. The van der Waals surface area contributed by atoms with E-state index in [0.717, 1.165) is 30.6 Å². The zero-order chi connectivity index (χ0) is 13.0. The summed E-state index contributed by atoms with van der Waals surface area (Å²) in [4.78, 5) is 10.9. The van der Waals surface area contributed by atoms with E-state index in [0.29, 0.717) is 0 Å². The second-order valence-corrected chi connectivity index (χ2v) is 4.68. The quantitative estimate of drug-likeness (QED) is 0.857. The minimum Gasteiger partial charge on any atom is -0.381 e. The fourth-order valence-corrected chi connectivity index (χ4v) is 2.35. The normalized spacial score (nSPS) is 22.2. The van der Waals surface area contributed by atoms with E-state index in [2.05, 4.69) is 16.7 Å². The lowest BCUT2D eigenvalue weighted by molar-refractivity contribution is -0.114. The predicted octanol–water partition coefficient (Wildman–Crippen LogP) is 2.75. The molecule has 0 bridgehead atoms. The second-order valence-electron chi connectivity index (χ2n) is 4.68. The number of carbonyl (C=O) groups excluding carboxylic acids is 1. The Morgan fingerprint density at radius 3 is 2.56 bits per heavy atom. The van der Waals surface area contributed by atoms with Crippen molar-refractivity contribution in [2.45, 2.75) is 32.2 Å². The van der Waals surface area contributed by atoms with E-state index in [1.807, 2.05) is 24.3 Å². The van der Waals surface area contributed by atoms with Gasteiger partial charge in [-0.3, -0.25) is 4.79 Å². The van der Waals surface area contributed by atoms with Crippen molar-refractivity contribution in [2.24, 2.45) is 5.92 Å². The fraction of sp³-hybridized carbons (Fsp3) is 0.429. The van der Waals surface area contributed by atoms with Crippen LogP contribution in [0, 0.1) is 17.2 Å². The average molecular weight is 243 g/mol. The van der Waals surface area contributed by atoms with Crippen LogP contribution in [-0.4, -0.2) is 11.9 Å². The van der Waals surface area contributed by atoms with Crippen LogP contribution in [0.4, 0.5) is 11.4 Å². The molecule has 0 spiro atoms. The third-order valence-electron chi connectivity index (χ3n) is 3.24. The standard InChI is InChI=1S/C14H17N3O/c1-10(18)16-12-5-7-13(8-6-12)17-14-4-2-3-11(14)9-15/h5-8,11,14,17H,2-4H2,1H3,(H,16,18). The van der Waals surface area contributed by atoms with Gasteiger partial charge >= 0.3 is 0 Å². The molecule has 94 valence electrons. The van der Waals surface area contributed by atoms with Crippen LogP contribution < -0.4 is 10.6 Å². The summed E-state index contributed by atoms with van der Waals surface area (Å²) in [7, 11) is 0. The van der Waals surface area contributed by atoms with Crippen molar-refractivity contribution in [3.63, 3.8) is 0 Å². The molecule has 4 heteroatoms. The lowest BCUT2D eigenvalue weighted by Gasteiger charge is -2.17. The number of carbonyl (C=O) groups is 1. The summed E-state index contributed by atoms with van der Waals surface area (Å²) in [5.74, 6) is 0.0380. The molecule has 2 rings (SSSR count). The molecule has 4 nitrogen and oxygen atoms in total. The maximum atomic E-state index is 10.9. The molecule has 0 aliphatic heterocycles. The molecule has 2 N–H and O–H groups in total. The molecule has 2 atom stereocenters. The van der Waals surface area contributed by atoms with Crippen LogP contribution in [0.1, 0.15) is 26.2 Å². The summed E-state index contributed by atoms with van der Waals surface area (Å²) >= 11 is 0. The Bertz CT molecular complexity index is 461. The van der Waals surface area contributed by atoms with Crippen molar-refractivity contribution in [3.8, 4) is 6.07 Å². The molecule has 1 aromatic rings. The Labute approximate surface area is 107 Å². The van der Waals surface area contributed by atoms with Crippen LogP contribution >= 0.6 is 0 Å². The first-order valence-corrected chi connectivity index (χ1v) is 6.23. The van der Waals surface area contributed by atoms with Gasteiger partial charge in [-0.1, -0.05) is 0 Å². The smallest absolute Gasteiger partial charge is 0.221 e. The lowest BCUT2D eigenvalue weighted by Crippen LogP contribution is -2.22. The van der Waals surface area contributed by atoms with Crippen LogP contribution in [0.2, 0.25) is 0 Å². The Morgan fingerprint density at radius 2 is 1.94 bits per heavy atom. The molecule has 0 heterocycles. The van der Waals surface area contributed by atoms with Gasteiger partial charge < -0.3 is 10.6 Å². The van der Waals surface area contributed by atoms with Crippen molar-refractivity contribution < 1.29 is 4.79 Å². The van der Waals surface area contributed by atoms with Gasteiger partial charge in [0.05, 0.1) is 12.0 Å². The van der Waals surface area contributed by atoms with E-state index in [1.165, 1.54) is 6.92 Å². The molecule has 1 saturated carbocycles. The molecular formula is C14H17N3O. The molecule has 2 unspecified atom stereocenters. The van der Waals surface area contributed by atoms with Crippen LogP contribution in [0.25, 0.3) is 0 Å². The Hall–Kier alpha value is -2.02. The number of benzene rings is 1. The van der Waals surface area contributed by atoms with Gasteiger partial charge in [0.1, 0.15) is 0 Å². The van der Waals surface area contributed by atoms with Gasteiger partial charge in [-0.05, 0) is 43.5 Å². The van der Waals surface area contributed by atoms with Crippen molar-refractivity contribution in [2.75, 3.05) is 10.6 Å². The number of hydrogen-bond donors (Lipinski definition) is 2. The molecule has 0 aromatic heterocycles. The molecule has 0 radical (unpaired) electrons. The van der Waals surface area contributed by atoms with E-state index in [4.69, 9.17) is 5.26 Å². The Balaban J connectivity index is 1.98. The van der Waals surface area contributed by atoms with Gasteiger partial charge in [-0.2, -0.15) is 5.26 Å².